The van der Waals surface area contributed by atoms with Crippen LogP contribution in [0.2, 0.25) is 0 Å². The van der Waals surface area contributed by atoms with Gasteiger partial charge in [0.2, 0.25) is 0 Å². The van der Waals surface area contributed by atoms with E-state index < -0.39 is 0 Å². The number of fused-ring (bicyclic) bond motifs is 2. The van der Waals surface area contributed by atoms with E-state index in [9.17, 15) is 9.59 Å². The standard InChI is InChI=1S/C12H12O2/c13-5-1-3-4-2-6(14)10-7(3)11-9(5)8(4)12(10)11/h3-4,7-12H,1-2H2/t3-,4-,7-,8+,9+,10-,11+,12-/m0/s1. The highest BCUT2D eigenvalue weighted by Gasteiger charge is 2.82. The maximum atomic E-state index is 11.7. The minimum absolute atomic E-state index is 0.421. The lowest BCUT2D eigenvalue weighted by Gasteiger charge is -2.81. The largest absolute Gasteiger partial charge is 0.299 e. The van der Waals surface area contributed by atoms with Gasteiger partial charge in [0, 0.05) is 24.7 Å². The Bertz CT molecular complexity index is 357. The minimum atomic E-state index is 0.421. The van der Waals surface area contributed by atoms with Crippen LogP contribution < -0.4 is 0 Å². The van der Waals surface area contributed by atoms with Gasteiger partial charge in [-0.1, -0.05) is 0 Å². The zero-order chi connectivity index (χ0) is 9.19. The van der Waals surface area contributed by atoms with Gasteiger partial charge in [-0.15, -0.1) is 0 Å². The summed E-state index contributed by atoms with van der Waals surface area (Å²) in [4.78, 5) is 23.5. The van der Waals surface area contributed by atoms with E-state index in [1.165, 1.54) is 0 Å². The van der Waals surface area contributed by atoms with Crippen molar-refractivity contribution in [1.29, 1.82) is 0 Å². The van der Waals surface area contributed by atoms with Crippen molar-refractivity contribution >= 4 is 11.6 Å². The van der Waals surface area contributed by atoms with Crippen molar-refractivity contribution in [3.8, 4) is 0 Å². The van der Waals surface area contributed by atoms with E-state index in [4.69, 9.17) is 0 Å². The van der Waals surface area contributed by atoms with Gasteiger partial charge in [-0.3, -0.25) is 9.59 Å². The van der Waals surface area contributed by atoms with Crippen LogP contribution >= 0.6 is 0 Å². The SMILES string of the molecule is O=C1C[C@H]2[C@@H]3CC(=O)[C@H]4[C@@H]5[C@H]([C@@H]1[C@H]35)[C@H]24. The van der Waals surface area contributed by atoms with Crippen molar-refractivity contribution in [1.82, 2.24) is 0 Å². The molecule has 14 heavy (non-hydrogen) atoms. The lowest BCUT2D eigenvalue weighted by Crippen LogP contribution is -2.82. The topological polar surface area (TPSA) is 34.1 Å². The first kappa shape index (κ1) is 6.76. The summed E-state index contributed by atoms with van der Waals surface area (Å²) < 4.78 is 0. The third kappa shape index (κ3) is 0.396. The molecule has 9 aliphatic rings. The highest BCUT2D eigenvalue weighted by Crippen LogP contribution is 2.81. The second-order valence-electron chi connectivity index (χ2n) is 6.03. The van der Waals surface area contributed by atoms with Crippen molar-refractivity contribution in [3.63, 3.8) is 0 Å². The van der Waals surface area contributed by atoms with Crippen molar-refractivity contribution in [3.05, 3.63) is 0 Å². The Labute approximate surface area is 82.0 Å². The normalized spacial score (nSPS) is 70.6. The summed E-state index contributed by atoms with van der Waals surface area (Å²) in [7, 11) is 0. The Morgan fingerprint density at radius 1 is 0.714 bits per heavy atom. The van der Waals surface area contributed by atoms with E-state index in [2.05, 4.69) is 0 Å². The quantitative estimate of drug-likeness (QED) is 0.566. The molecule has 9 aliphatic carbocycles. The van der Waals surface area contributed by atoms with Crippen LogP contribution in [-0.2, 0) is 9.59 Å². The van der Waals surface area contributed by atoms with Crippen LogP contribution in [0, 0.1) is 47.3 Å². The van der Waals surface area contributed by atoms with Gasteiger partial charge in [-0.2, -0.15) is 0 Å². The van der Waals surface area contributed by atoms with E-state index in [-0.39, 0.29) is 0 Å². The first-order valence-electron chi connectivity index (χ1n) is 5.84. The Hall–Kier alpha value is -0.660. The minimum Gasteiger partial charge on any atom is -0.299 e. The summed E-state index contributed by atoms with van der Waals surface area (Å²) in [5, 5.41) is 0. The highest BCUT2D eigenvalue weighted by atomic mass is 16.1. The van der Waals surface area contributed by atoms with Gasteiger partial charge in [-0.25, -0.2) is 0 Å². The molecule has 2 nitrogen and oxygen atoms in total. The predicted octanol–water partition coefficient (Wildman–Crippen LogP) is 0.902. The lowest BCUT2D eigenvalue weighted by atomic mass is 9.21. The van der Waals surface area contributed by atoms with Crippen molar-refractivity contribution in [2.24, 2.45) is 47.3 Å². The van der Waals surface area contributed by atoms with Crippen molar-refractivity contribution in [2.45, 2.75) is 12.8 Å². The molecule has 0 aromatic carbocycles. The summed E-state index contributed by atoms with van der Waals surface area (Å²) in [5.74, 6) is 5.88. The molecule has 8 bridgehead atoms. The smallest absolute Gasteiger partial charge is 0.136 e. The van der Waals surface area contributed by atoms with Crippen LogP contribution in [0.15, 0.2) is 0 Å². The van der Waals surface area contributed by atoms with Crippen LogP contribution in [-0.4, -0.2) is 11.6 Å². The van der Waals surface area contributed by atoms with E-state index in [0.717, 1.165) is 12.8 Å². The van der Waals surface area contributed by atoms with E-state index in [0.29, 0.717) is 58.9 Å². The fourth-order valence-corrected chi connectivity index (χ4v) is 6.02. The zero-order valence-electron chi connectivity index (χ0n) is 7.85. The molecule has 0 heterocycles. The van der Waals surface area contributed by atoms with Gasteiger partial charge in [0.25, 0.3) is 0 Å². The third-order valence-corrected chi connectivity index (χ3v) is 6.15. The second kappa shape index (κ2) is 1.62. The molecule has 9 fully saturated rings. The molecule has 0 amide bonds. The highest BCUT2D eigenvalue weighted by molar-refractivity contribution is 5.93. The lowest BCUT2D eigenvalue weighted by molar-refractivity contribution is -0.317. The Balaban J connectivity index is 1.74. The van der Waals surface area contributed by atoms with Gasteiger partial charge in [0.15, 0.2) is 0 Å². The summed E-state index contributed by atoms with van der Waals surface area (Å²) >= 11 is 0. The first-order valence-corrected chi connectivity index (χ1v) is 5.84. The predicted molar refractivity (Wildman–Crippen MR) is 47.2 cm³/mol. The van der Waals surface area contributed by atoms with Crippen LogP contribution in [0.3, 0.4) is 0 Å². The molecular formula is C12H12O2. The zero-order valence-corrected chi connectivity index (χ0v) is 7.85. The molecule has 0 unspecified atom stereocenters. The summed E-state index contributed by atoms with van der Waals surface area (Å²) in [6, 6.07) is 0. The second-order valence-corrected chi connectivity index (χ2v) is 6.03. The molecule has 0 radical (unpaired) electrons. The Morgan fingerprint density at radius 3 is 1.50 bits per heavy atom. The molecule has 9 saturated carbocycles. The number of carbonyl (C=O) groups excluding carboxylic acids is 2. The third-order valence-electron chi connectivity index (χ3n) is 6.15. The Morgan fingerprint density at radius 2 is 1.14 bits per heavy atom. The van der Waals surface area contributed by atoms with Gasteiger partial charge in [0.1, 0.15) is 11.6 Å². The monoisotopic (exact) mass is 188 g/mol. The number of hydrogen-bond donors (Lipinski definition) is 0. The fraction of sp³-hybridized carbons (Fsp3) is 0.833. The van der Waals surface area contributed by atoms with Gasteiger partial charge in [-0.05, 0) is 35.5 Å². The van der Waals surface area contributed by atoms with E-state index in [1.54, 1.807) is 0 Å². The van der Waals surface area contributed by atoms with Gasteiger partial charge in [0.05, 0.1) is 0 Å². The van der Waals surface area contributed by atoms with Crippen LogP contribution in [0.1, 0.15) is 12.8 Å². The van der Waals surface area contributed by atoms with Crippen LogP contribution in [0.5, 0.6) is 0 Å². The average molecular weight is 188 g/mol. The van der Waals surface area contributed by atoms with Crippen molar-refractivity contribution in [2.75, 3.05) is 0 Å². The number of rotatable bonds is 0. The van der Waals surface area contributed by atoms with Crippen molar-refractivity contribution < 1.29 is 9.59 Å². The van der Waals surface area contributed by atoms with Crippen LogP contribution in [0.4, 0.5) is 0 Å². The summed E-state index contributed by atoms with van der Waals surface area (Å²) in [5.41, 5.74) is 0. The summed E-state index contributed by atoms with van der Waals surface area (Å²) in [6.07, 6.45) is 1.65. The first-order chi connectivity index (χ1) is 6.79. The van der Waals surface area contributed by atoms with Gasteiger partial charge >= 0.3 is 0 Å². The number of hydrogen-bond acceptors (Lipinski definition) is 2. The molecule has 0 aliphatic heterocycles. The average Bonchev–Trinajstić information content (AvgIpc) is 2.08. The summed E-state index contributed by atoms with van der Waals surface area (Å²) in [6.45, 7) is 0. The number of ketones is 2. The molecule has 0 spiro atoms. The fourth-order valence-electron chi connectivity index (χ4n) is 6.02. The maximum absolute atomic E-state index is 11.7. The Kier molecular flexibility index (Phi) is 0.780. The molecule has 8 atom stereocenters. The molecular weight excluding hydrogens is 176 g/mol. The molecule has 0 saturated heterocycles. The van der Waals surface area contributed by atoms with E-state index in [1.807, 2.05) is 0 Å². The van der Waals surface area contributed by atoms with Crippen LogP contribution in [0.25, 0.3) is 0 Å². The molecule has 9 rings (SSSR count). The van der Waals surface area contributed by atoms with Gasteiger partial charge < -0.3 is 0 Å². The molecule has 0 aromatic heterocycles. The molecule has 0 aromatic rings. The number of carbonyl (C=O) groups is 2. The number of Topliss-reactive ketones (excluding diaryl/α,β-unsaturated/α-hetero) is 2. The molecule has 72 valence electrons. The van der Waals surface area contributed by atoms with E-state index >= 15 is 0 Å². The molecule has 0 N–H and O–H groups in total. The maximum Gasteiger partial charge on any atom is 0.136 e. The molecule has 2 heteroatoms.